The number of rotatable bonds is 4. The Balaban J connectivity index is 0. The summed E-state index contributed by atoms with van der Waals surface area (Å²) in [5, 5.41) is 0. The number of carbonyl (C=O) groups excluding carboxylic acids is 2. The van der Waals surface area contributed by atoms with Crippen LogP contribution in [0.4, 0.5) is 9.59 Å². The summed E-state index contributed by atoms with van der Waals surface area (Å²) in [7, 11) is 2.87. The summed E-state index contributed by atoms with van der Waals surface area (Å²) in [6.07, 6.45) is -1.66. The standard InChI is InChI=1S/2C5H11NO3/c2*1-5(2,8-3)9-4(6)7/h2*1-3H3,(H2,6,7). The Bertz CT molecular complexity index is 250. The zero-order valence-electron chi connectivity index (χ0n) is 11.6. The van der Waals surface area contributed by atoms with Crippen molar-refractivity contribution in [1.82, 2.24) is 0 Å². The maximum Gasteiger partial charge on any atom is 0.406 e. The van der Waals surface area contributed by atoms with E-state index in [2.05, 4.69) is 9.47 Å². The SMILES string of the molecule is COC(C)(C)OC(N)=O.COC(C)(C)OC(N)=O. The normalized spacial score (nSPS) is 11.0. The molecule has 108 valence electrons. The Labute approximate surface area is 106 Å². The molecule has 0 bridgehead atoms. The van der Waals surface area contributed by atoms with E-state index in [1.54, 1.807) is 27.7 Å². The number of nitrogens with two attached hydrogens (primary N) is 2. The number of ether oxygens (including phenoxy) is 4. The molecule has 0 saturated heterocycles. The van der Waals surface area contributed by atoms with Gasteiger partial charge in [0.2, 0.25) is 11.6 Å². The van der Waals surface area contributed by atoms with Crippen molar-refractivity contribution in [2.45, 2.75) is 39.3 Å². The average Bonchev–Trinajstić information content (AvgIpc) is 2.15. The van der Waals surface area contributed by atoms with Crippen molar-refractivity contribution in [3.8, 4) is 0 Å². The highest BCUT2D eigenvalue weighted by Crippen LogP contribution is 2.08. The number of carbonyl (C=O) groups is 2. The van der Waals surface area contributed by atoms with Crippen LogP contribution in [0.25, 0.3) is 0 Å². The van der Waals surface area contributed by atoms with Gasteiger partial charge in [-0.1, -0.05) is 0 Å². The van der Waals surface area contributed by atoms with Gasteiger partial charge in [0.05, 0.1) is 0 Å². The van der Waals surface area contributed by atoms with Gasteiger partial charge in [0.25, 0.3) is 0 Å². The second-order valence-electron chi connectivity index (χ2n) is 4.05. The molecule has 0 aliphatic carbocycles. The van der Waals surface area contributed by atoms with Crippen LogP contribution in [0.3, 0.4) is 0 Å². The minimum absolute atomic E-state index is 0.832. The number of hydrogen-bond acceptors (Lipinski definition) is 6. The first kappa shape index (κ1) is 18.8. The summed E-state index contributed by atoms with van der Waals surface area (Å²) >= 11 is 0. The highest BCUT2D eigenvalue weighted by Gasteiger charge is 2.19. The van der Waals surface area contributed by atoms with Gasteiger partial charge >= 0.3 is 12.2 Å². The first-order valence-electron chi connectivity index (χ1n) is 5.03. The number of primary amides is 2. The van der Waals surface area contributed by atoms with E-state index in [0.717, 1.165) is 0 Å². The molecule has 0 atom stereocenters. The zero-order valence-corrected chi connectivity index (χ0v) is 11.6. The summed E-state index contributed by atoms with van der Waals surface area (Å²) in [6.45, 7) is 6.38. The van der Waals surface area contributed by atoms with Crippen LogP contribution in [0.5, 0.6) is 0 Å². The smallest absolute Gasteiger partial charge is 0.406 e. The molecule has 0 aromatic rings. The molecule has 0 aromatic carbocycles. The van der Waals surface area contributed by atoms with Crippen molar-refractivity contribution in [3.63, 3.8) is 0 Å². The summed E-state index contributed by atoms with van der Waals surface area (Å²) < 4.78 is 18.5. The largest absolute Gasteiger partial charge is 0.418 e. The lowest BCUT2D eigenvalue weighted by Gasteiger charge is -2.21. The maximum atomic E-state index is 10.1. The molecular formula is C10H22N2O6. The van der Waals surface area contributed by atoms with Crippen LogP contribution in [0.15, 0.2) is 0 Å². The Morgan fingerprint density at radius 2 is 1.00 bits per heavy atom. The quantitative estimate of drug-likeness (QED) is 0.729. The molecule has 0 heterocycles. The molecular weight excluding hydrogens is 244 g/mol. The van der Waals surface area contributed by atoms with E-state index >= 15 is 0 Å². The van der Waals surface area contributed by atoms with E-state index in [9.17, 15) is 9.59 Å². The van der Waals surface area contributed by atoms with Crippen LogP contribution in [0, 0.1) is 0 Å². The summed E-state index contributed by atoms with van der Waals surface area (Å²) in [5.41, 5.74) is 9.43. The Morgan fingerprint density at radius 1 is 0.778 bits per heavy atom. The molecule has 0 aromatic heterocycles. The number of amides is 2. The van der Waals surface area contributed by atoms with E-state index in [1.807, 2.05) is 0 Å². The molecule has 8 nitrogen and oxygen atoms in total. The first-order chi connectivity index (χ1) is 7.95. The van der Waals surface area contributed by atoms with E-state index in [1.165, 1.54) is 14.2 Å². The lowest BCUT2D eigenvalue weighted by atomic mass is 10.4. The fourth-order valence-electron chi connectivity index (χ4n) is 0.568. The second kappa shape index (κ2) is 7.72. The molecule has 18 heavy (non-hydrogen) atoms. The molecule has 0 rings (SSSR count). The van der Waals surface area contributed by atoms with Crippen LogP contribution in [-0.2, 0) is 18.9 Å². The Morgan fingerprint density at radius 3 is 1.06 bits per heavy atom. The van der Waals surface area contributed by atoms with Crippen LogP contribution < -0.4 is 11.5 Å². The highest BCUT2D eigenvalue weighted by molar-refractivity contribution is 5.65. The van der Waals surface area contributed by atoms with Crippen LogP contribution in [0.2, 0.25) is 0 Å². The fraction of sp³-hybridized carbons (Fsp3) is 0.800. The third-order valence-electron chi connectivity index (χ3n) is 1.68. The molecule has 4 N–H and O–H groups in total. The van der Waals surface area contributed by atoms with Crippen LogP contribution in [-0.4, -0.2) is 38.0 Å². The van der Waals surface area contributed by atoms with Gasteiger partial charge < -0.3 is 30.4 Å². The molecule has 2 amide bonds. The zero-order chi connectivity index (χ0) is 15.0. The predicted molar refractivity (Wildman–Crippen MR) is 63.5 cm³/mol. The minimum atomic E-state index is -0.911. The maximum absolute atomic E-state index is 10.1. The van der Waals surface area contributed by atoms with Gasteiger partial charge in [-0.05, 0) is 0 Å². The molecule has 8 heteroatoms. The molecule has 0 aliphatic rings. The summed E-state index contributed by atoms with van der Waals surface area (Å²) in [6, 6.07) is 0. The van der Waals surface area contributed by atoms with Gasteiger partial charge in [-0.25, -0.2) is 9.59 Å². The summed E-state index contributed by atoms with van der Waals surface area (Å²) in [5.74, 6) is -1.82. The molecule has 0 unspecified atom stereocenters. The van der Waals surface area contributed by atoms with Crippen molar-refractivity contribution >= 4 is 12.2 Å². The summed E-state index contributed by atoms with van der Waals surface area (Å²) in [4.78, 5) is 20.2. The third-order valence-corrected chi connectivity index (χ3v) is 1.68. The second-order valence-corrected chi connectivity index (χ2v) is 4.05. The van der Waals surface area contributed by atoms with E-state index in [-0.39, 0.29) is 0 Å². The lowest BCUT2D eigenvalue weighted by molar-refractivity contribution is -0.155. The van der Waals surface area contributed by atoms with Crippen molar-refractivity contribution in [2.75, 3.05) is 14.2 Å². The predicted octanol–water partition coefficient (Wildman–Crippen LogP) is 0.928. The third kappa shape index (κ3) is 12.5. The average molecular weight is 266 g/mol. The Hall–Kier alpha value is -1.54. The van der Waals surface area contributed by atoms with Gasteiger partial charge in [-0.3, -0.25) is 0 Å². The van der Waals surface area contributed by atoms with Gasteiger partial charge in [0, 0.05) is 41.9 Å². The molecule has 0 fully saturated rings. The van der Waals surface area contributed by atoms with Crippen molar-refractivity contribution in [2.24, 2.45) is 11.5 Å². The van der Waals surface area contributed by atoms with Crippen LogP contribution in [0.1, 0.15) is 27.7 Å². The monoisotopic (exact) mass is 266 g/mol. The fourth-order valence-corrected chi connectivity index (χ4v) is 0.568. The first-order valence-corrected chi connectivity index (χ1v) is 5.03. The highest BCUT2D eigenvalue weighted by atomic mass is 16.7. The number of hydrogen-bond donors (Lipinski definition) is 2. The molecule has 0 spiro atoms. The van der Waals surface area contributed by atoms with Gasteiger partial charge in [-0.2, -0.15) is 0 Å². The molecule has 0 radical (unpaired) electrons. The van der Waals surface area contributed by atoms with Crippen LogP contribution >= 0.6 is 0 Å². The van der Waals surface area contributed by atoms with E-state index in [0.29, 0.717) is 0 Å². The Kier molecular flexibility index (Phi) is 8.07. The topological polar surface area (TPSA) is 123 Å². The molecule has 0 aliphatic heterocycles. The van der Waals surface area contributed by atoms with Gasteiger partial charge in [0.15, 0.2) is 0 Å². The molecule has 0 saturated carbocycles. The van der Waals surface area contributed by atoms with Crippen molar-refractivity contribution < 1.29 is 28.5 Å². The van der Waals surface area contributed by atoms with Crippen molar-refractivity contribution in [1.29, 1.82) is 0 Å². The van der Waals surface area contributed by atoms with Crippen molar-refractivity contribution in [3.05, 3.63) is 0 Å². The van der Waals surface area contributed by atoms with E-state index in [4.69, 9.17) is 20.9 Å². The number of methoxy groups -OCH3 is 2. The van der Waals surface area contributed by atoms with Gasteiger partial charge in [-0.15, -0.1) is 0 Å². The minimum Gasteiger partial charge on any atom is -0.418 e. The van der Waals surface area contributed by atoms with E-state index < -0.39 is 23.8 Å². The van der Waals surface area contributed by atoms with Gasteiger partial charge in [0.1, 0.15) is 0 Å². The lowest BCUT2D eigenvalue weighted by Crippen LogP contribution is -2.32.